The van der Waals surface area contributed by atoms with Crippen LogP contribution in [0.4, 0.5) is 17.1 Å². The zero-order chi connectivity index (χ0) is 37.6. The van der Waals surface area contributed by atoms with E-state index in [4.69, 9.17) is 4.42 Å². The monoisotopic (exact) mass is 717 g/mol. The Bertz CT molecular complexity index is 2980. The van der Waals surface area contributed by atoms with Gasteiger partial charge in [-0.1, -0.05) is 148 Å². The van der Waals surface area contributed by atoms with Crippen LogP contribution in [0.2, 0.25) is 0 Å². The number of hydrogen-bond donors (Lipinski definition) is 0. The number of fused-ring (bicyclic) bond motifs is 9. The minimum atomic E-state index is -0.483. The summed E-state index contributed by atoms with van der Waals surface area (Å²) < 4.78 is 6.47. The molecule has 266 valence electrons. The van der Waals surface area contributed by atoms with Crippen molar-refractivity contribution >= 4 is 45.1 Å². The van der Waals surface area contributed by atoms with Gasteiger partial charge in [-0.2, -0.15) is 0 Å². The molecule has 0 amide bonds. The quantitative estimate of drug-likeness (QED) is 0.170. The molecule has 56 heavy (non-hydrogen) atoms. The fraction of sp³-hybridized carbons (Fsp3) is 0.0741. The molecule has 1 heterocycles. The van der Waals surface area contributed by atoms with Crippen LogP contribution < -0.4 is 4.90 Å². The molecule has 9 aromatic rings. The van der Waals surface area contributed by atoms with Crippen LogP contribution in [0, 0.1) is 0 Å². The maximum Gasteiger partial charge on any atom is 0.136 e. The fourth-order valence-corrected chi connectivity index (χ4v) is 9.89. The second kappa shape index (κ2) is 12.1. The molecule has 2 aliphatic rings. The van der Waals surface area contributed by atoms with Gasteiger partial charge in [0.2, 0.25) is 0 Å². The predicted molar refractivity (Wildman–Crippen MR) is 233 cm³/mol. The van der Waals surface area contributed by atoms with Gasteiger partial charge in [-0.3, -0.25) is 0 Å². The summed E-state index contributed by atoms with van der Waals surface area (Å²) in [6, 6.07) is 67.0. The molecular weight excluding hydrogens is 679 g/mol. The van der Waals surface area contributed by atoms with Gasteiger partial charge in [0.1, 0.15) is 11.2 Å². The summed E-state index contributed by atoms with van der Waals surface area (Å²) in [5.74, 6) is 0. The summed E-state index contributed by atoms with van der Waals surface area (Å²) in [7, 11) is 0. The Morgan fingerprint density at radius 3 is 1.77 bits per heavy atom. The van der Waals surface area contributed by atoms with E-state index in [0.29, 0.717) is 0 Å². The van der Waals surface area contributed by atoms with Gasteiger partial charge < -0.3 is 9.32 Å². The molecule has 2 heteroatoms. The van der Waals surface area contributed by atoms with Gasteiger partial charge in [-0.15, -0.1) is 0 Å². The Morgan fingerprint density at radius 1 is 0.446 bits per heavy atom. The van der Waals surface area contributed by atoms with Crippen LogP contribution in [-0.2, 0) is 10.8 Å². The van der Waals surface area contributed by atoms with Crippen molar-refractivity contribution in [3.8, 4) is 22.3 Å². The van der Waals surface area contributed by atoms with Crippen LogP contribution >= 0.6 is 0 Å². The van der Waals surface area contributed by atoms with Crippen molar-refractivity contribution in [1.82, 2.24) is 0 Å². The van der Waals surface area contributed by atoms with Crippen LogP contribution in [0.1, 0.15) is 52.8 Å². The Kier molecular flexibility index (Phi) is 7.00. The number of para-hydroxylation sites is 1. The Balaban J connectivity index is 1.10. The number of benzene rings is 8. The molecule has 0 bridgehead atoms. The SMILES string of the molecule is C=Cc1ccc2c(c1)oc1cc3c(cc12)-c1ccc(N(c2ccccc2)c2cccc(C4(c5ccccc5)c5ccccc5-c5ccccc54)c2)cc1C3(C)C. The third-order valence-corrected chi connectivity index (χ3v) is 12.5. The second-order valence-corrected chi connectivity index (χ2v) is 15.7. The first-order chi connectivity index (χ1) is 27.5. The lowest BCUT2D eigenvalue weighted by molar-refractivity contribution is 0.647. The zero-order valence-corrected chi connectivity index (χ0v) is 31.5. The third kappa shape index (κ3) is 4.50. The number of nitrogens with zero attached hydrogens (tertiary/aromatic N) is 1. The van der Waals surface area contributed by atoms with Gasteiger partial charge in [-0.25, -0.2) is 0 Å². The van der Waals surface area contributed by atoms with Crippen molar-refractivity contribution in [3.63, 3.8) is 0 Å². The van der Waals surface area contributed by atoms with Crippen LogP contribution in [0.3, 0.4) is 0 Å². The van der Waals surface area contributed by atoms with Gasteiger partial charge in [0, 0.05) is 33.2 Å². The largest absolute Gasteiger partial charge is 0.456 e. The first-order valence-electron chi connectivity index (χ1n) is 19.5. The maximum absolute atomic E-state index is 6.47. The highest BCUT2D eigenvalue weighted by molar-refractivity contribution is 6.08. The molecule has 0 fully saturated rings. The van der Waals surface area contributed by atoms with Crippen molar-refractivity contribution in [2.45, 2.75) is 24.7 Å². The molecule has 8 aromatic carbocycles. The maximum atomic E-state index is 6.47. The van der Waals surface area contributed by atoms with Crippen LogP contribution in [0.5, 0.6) is 0 Å². The number of rotatable bonds is 6. The highest BCUT2D eigenvalue weighted by Gasteiger charge is 2.46. The highest BCUT2D eigenvalue weighted by Crippen LogP contribution is 2.57. The van der Waals surface area contributed by atoms with Gasteiger partial charge in [-0.05, 0) is 122 Å². The molecule has 0 saturated carbocycles. The highest BCUT2D eigenvalue weighted by atomic mass is 16.3. The first-order valence-corrected chi connectivity index (χ1v) is 19.5. The van der Waals surface area contributed by atoms with Crippen molar-refractivity contribution in [3.05, 3.63) is 228 Å². The number of furan rings is 1. The fourth-order valence-electron chi connectivity index (χ4n) is 9.89. The average Bonchev–Trinajstić information content (AvgIpc) is 3.84. The van der Waals surface area contributed by atoms with Crippen LogP contribution in [-0.4, -0.2) is 0 Å². The Labute approximate surface area is 327 Å². The molecule has 1 aromatic heterocycles. The molecule has 0 N–H and O–H groups in total. The minimum absolute atomic E-state index is 0.237. The summed E-state index contributed by atoms with van der Waals surface area (Å²) >= 11 is 0. The zero-order valence-electron chi connectivity index (χ0n) is 31.5. The van der Waals surface area contributed by atoms with E-state index >= 15 is 0 Å². The van der Waals surface area contributed by atoms with Gasteiger partial charge in [0.25, 0.3) is 0 Å². The number of hydrogen-bond acceptors (Lipinski definition) is 2. The van der Waals surface area contributed by atoms with Crippen molar-refractivity contribution < 1.29 is 4.42 Å². The van der Waals surface area contributed by atoms with Crippen LogP contribution in [0.15, 0.2) is 193 Å². The smallest absolute Gasteiger partial charge is 0.136 e. The topological polar surface area (TPSA) is 16.4 Å². The molecule has 0 atom stereocenters. The molecule has 2 aliphatic carbocycles. The second-order valence-electron chi connectivity index (χ2n) is 15.7. The van der Waals surface area contributed by atoms with E-state index < -0.39 is 5.41 Å². The van der Waals surface area contributed by atoms with E-state index in [1.54, 1.807) is 0 Å². The van der Waals surface area contributed by atoms with Crippen molar-refractivity contribution in [2.24, 2.45) is 0 Å². The summed E-state index contributed by atoms with van der Waals surface area (Å²) in [4.78, 5) is 2.42. The summed E-state index contributed by atoms with van der Waals surface area (Å²) in [5.41, 5.74) is 18.4. The van der Waals surface area contributed by atoms with E-state index in [9.17, 15) is 0 Å². The van der Waals surface area contributed by atoms with Gasteiger partial charge in [0.05, 0.1) is 5.41 Å². The van der Waals surface area contributed by atoms with E-state index in [-0.39, 0.29) is 5.41 Å². The molecule has 0 saturated heterocycles. The molecule has 0 aliphatic heterocycles. The standard InChI is InChI=1S/C54H39NO/c1-4-35-26-28-44-46-33-45-43-29-27-40(32-49(43)53(2,3)50(45)34-52(46)56-51(44)30-35)55(38-19-9-6-10-20-38)39-21-15-18-37(31-39)54(36-16-7-5-8-17-36)47-24-13-11-22-41(47)42-23-12-14-25-48(42)54/h4-34H,1H2,2-3H3. The molecule has 2 nitrogen and oxygen atoms in total. The molecule has 11 rings (SSSR count). The molecule has 0 unspecified atom stereocenters. The summed E-state index contributed by atoms with van der Waals surface area (Å²) in [6.07, 6.45) is 1.87. The van der Waals surface area contributed by atoms with E-state index in [2.05, 4.69) is 207 Å². The van der Waals surface area contributed by atoms with Crippen molar-refractivity contribution in [1.29, 1.82) is 0 Å². The average molecular weight is 718 g/mol. The van der Waals surface area contributed by atoms with E-state index in [0.717, 1.165) is 44.6 Å². The summed E-state index contributed by atoms with van der Waals surface area (Å²) in [6.45, 7) is 8.64. The van der Waals surface area contributed by atoms with Crippen LogP contribution in [0.25, 0.3) is 50.3 Å². The lowest BCUT2D eigenvalue weighted by Crippen LogP contribution is -2.28. The Morgan fingerprint density at radius 2 is 1.04 bits per heavy atom. The Hall–Kier alpha value is -6.90. The first kappa shape index (κ1) is 32.5. The molecular formula is C54H39NO. The van der Waals surface area contributed by atoms with Gasteiger partial charge >= 0.3 is 0 Å². The lowest BCUT2D eigenvalue weighted by Gasteiger charge is -2.35. The van der Waals surface area contributed by atoms with E-state index in [1.165, 1.54) is 55.6 Å². The summed E-state index contributed by atoms with van der Waals surface area (Å²) in [5, 5.41) is 2.28. The normalized spacial score (nSPS) is 14.2. The molecule has 0 spiro atoms. The van der Waals surface area contributed by atoms with E-state index in [1.807, 2.05) is 6.08 Å². The third-order valence-electron chi connectivity index (χ3n) is 12.5. The minimum Gasteiger partial charge on any atom is -0.456 e. The van der Waals surface area contributed by atoms with Crippen molar-refractivity contribution in [2.75, 3.05) is 4.90 Å². The number of anilines is 3. The molecule has 0 radical (unpaired) electrons. The van der Waals surface area contributed by atoms with Gasteiger partial charge in [0.15, 0.2) is 0 Å². The lowest BCUT2D eigenvalue weighted by atomic mass is 9.67. The predicted octanol–water partition coefficient (Wildman–Crippen LogP) is 14.4.